The van der Waals surface area contributed by atoms with Crippen molar-refractivity contribution in [3.63, 3.8) is 0 Å². The van der Waals surface area contributed by atoms with Crippen LogP contribution in [0.25, 0.3) is 0 Å². The average molecular weight is 331 g/mol. The average Bonchev–Trinajstić information content (AvgIpc) is 2.54. The van der Waals surface area contributed by atoms with E-state index in [0.717, 1.165) is 18.2 Å². The molecule has 0 aliphatic rings. The van der Waals surface area contributed by atoms with E-state index in [4.69, 9.17) is 0 Å². The Labute approximate surface area is 135 Å². The van der Waals surface area contributed by atoms with Crippen LogP contribution in [-0.2, 0) is 0 Å². The number of aromatic hydroxyl groups is 1. The lowest BCUT2D eigenvalue weighted by molar-refractivity contribution is -0.394. The first-order valence-electron chi connectivity index (χ1n) is 6.75. The second kappa shape index (κ2) is 6.32. The predicted octanol–water partition coefficient (Wildman–Crippen LogP) is 3.08. The fourth-order valence-corrected chi connectivity index (χ4v) is 2.07. The molecule has 124 valence electrons. The number of nitrogens with one attached hydrogen (secondary N) is 1. The number of carbonyl (C=O) groups excluding carboxylic acids is 1. The Morgan fingerprint density at radius 1 is 1.00 bits per heavy atom. The zero-order valence-electron chi connectivity index (χ0n) is 12.8. The molecule has 0 saturated carbocycles. The number of hydrogen-bond acceptors (Lipinski definition) is 6. The molecule has 0 saturated heterocycles. The fourth-order valence-electron chi connectivity index (χ4n) is 2.07. The highest BCUT2D eigenvalue weighted by atomic mass is 16.6. The molecule has 0 heterocycles. The van der Waals surface area contributed by atoms with Crippen LogP contribution in [0.2, 0.25) is 0 Å². The van der Waals surface area contributed by atoms with Crippen LogP contribution in [-0.4, -0.2) is 20.9 Å². The highest BCUT2D eigenvalue weighted by Gasteiger charge is 2.20. The van der Waals surface area contributed by atoms with Crippen molar-refractivity contribution >= 4 is 23.0 Å². The van der Waals surface area contributed by atoms with Gasteiger partial charge in [-0.25, -0.2) is 0 Å². The smallest absolute Gasteiger partial charge is 0.277 e. The summed E-state index contributed by atoms with van der Waals surface area (Å²) in [6, 6.07) is 5.58. The van der Waals surface area contributed by atoms with Crippen molar-refractivity contribution < 1.29 is 19.7 Å². The number of nitro benzene ring substituents is 2. The van der Waals surface area contributed by atoms with Gasteiger partial charge in [0, 0.05) is 17.8 Å². The maximum atomic E-state index is 12.3. The van der Waals surface area contributed by atoms with E-state index < -0.39 is 27.1 Å². The Hall–Kier alpha value is -3.49. The third-order valence-corrected chi connectivity index (χ3v) is 3.59. The molecule has 24 heavy (non-hydrogen) atoms. The van der Waals surface area contributed by atoms with Crippen LogP contribution in [0.1, 0.15) is 21.5 Å². The molecular weight excluding hydrogens is 318 g/mol. The van der Waals surface area contributed by atoms with Gasteiger partial charge in [-0.2, -0.15) is 0 Å². The molecule has 0 aromatic heterocycles. The molecule has 0 aliphatic carbocycles. The monoisotopic (exact) mass is 331 g/mol. The van der Waals surface area contributed by atoms with E-state index in [9.17, 15) is 30.1 Å². The number of non-ortho nitro benzene ring substituents is 2. The second-order valence-corrected chi connectivity index (χ2v) is 5.09. The Morgan fingerprint density at radius 3 is 2.04 bits per heavy atom. The zero-order chi connectivity index (χ0) is 18.0. The van der Waals surface area contributed by atoms with Crippen molar-refractivity contribution in [2.45, 2.75) is 13.8 Å². The van der Waals surface area contributed by atoms with Crippen molar-refractivity contribution in [2.75, 3.05) is 5.32 Å². The van der Waals surface area contributed by atoms with Gasteiger partial charge in [0.05, 0.1) is 21.5 Å². The number of hydrogen-bond donors (Lipinski definition) is 2. The van der Waals surface area contributed by atoms with Crippen LogP contribution in [0.5, 0.6) is 5.75 Å². The van der Waals surface area contributed by atoms with Gasteiger partial charge in [-0.1, -0.05) is 0 Å². The minimum absolute atomic E-state index is 0.0662. The summed E-state index contributed by atoms with van der Waals surface area (Å²) in [7, 11) is 0. The standard InChI is InChI=1S/C15H13N3O6/c1-8-9(2)14(19)4-3-13(8)16-15(20)10-5-11(17(21)22)7-12(6-10)18(23)24/h3-7,19H,1-2H3,(H,16,20). The number of amides is 1. The normalized spacial score (nSPS) is 10.2. The molecular formula is C15H13N3O6. The number of benzene rings is 2. The molecule has 0 bridgehead atoms. The van der Waals surface area contributed by atoms with Gasteiger partial charge in [-0.3, -0.25) is 25.0 Å². The van der Waals surface area contributed by atoms with Gasteiger partial charge < -0.3 is 10.4 Å². The maximum Gasteiger partial charge on any atom is 0.277 e. The second-order valence-electron chi connectivity index (χ2n) is 5.09. The van der Waals surface area contributed by atoms with Crippen LogP contribution < -0.4 is 5.32 Å². The number of carbonyl (C=O) groups is 1. The molecule has 2 aromatic carbocycles. The number of nitrogens with zero attached hydrogens (tertiary/aromatic N) is 2. The number of nitro groups is 2. The third kappa shape index (κ3) is 3.29. The summed E-state index contributed by atoms with van der Waals surface area (Å²) < 4.78 is 0. The van der Waals surface area contributed by atoms with E-state index in [2.05, 4.69) is 5.32 Å². The van der Waals surface area contributed by atoms with E-state index in [1.807, 2.05) is 0 Å². The Kier molecular flexibility index (Phi) is 4.45. The number of anilines is 1. The molecule has 0 radical (unpaired) electrons. The molecule has 0 spiro atoms. The van der Waals surface area contributed by atoms with Crippen LogP contribution >= 0.6 is 0 Å². The first-order chi connectivity index (χ1) is 11.2. The lowest BCUT2D eigenvalue weighted by atomic mass is 10.1. The molecule has 9 heteroatoms. The van der Waals surface area contributed by atoms with Crippen molar-refractivity contribution in [1.29, 1.82) is 0 Å². The number of rotatable bonds is 4. The highest BCUT2D eigenvalue weighted by molar-refractivity contribution is 6.05. The minimum Gasteiger partial charge on any atom is -0.508 e. The van der Waals surface area contributed by atoms with Gasteiger partial charge in [0.2, 0.25) is 0 Å². The van der Waals surface area contributed by atoms with Crippen LogP contribution in [0.3, 0.4) is 0 Å². The van der Waals surface area contributed by atoms with E-state index in [0.29, 0.717) is 16.8 Å². The Balaban J connectivity index is 2.41. The van der Waals surface area contributed by atoms with Crippen molar-refractivity contribution in [2.24, 2.45) is 0 Å². The molecule has 2 aromatic rings. The quantitative estimate of drug-likeness (QED) is 0.502. The third-order valence-electron chi connectivity index (χ3n) is 3.59. The summed E-state index contributed by atoms with van der Waals surface area (Å²) >= 11 is 0. The molecule has 0 unspecified atom stereocenters. The summed E-state index contributed by atoms with van der Waals surface area (Å²) in [6.07, 6.45) is 0. The molecule has 0 aliphatic heterocycles. The molecule has 0 fully saturated rings. The molecule has 0 atom stereocenters. The zero-order valence-corrected chi connectivity index (χ0v) is 12.8. The Bertz CT molecular complexity index is 830. The highest BCUT2D eigenvalue weighted by Crippen LogP contribution is 2.28. The molecule has 9 nitrogen and oxygen atoms in total. The molecule has 2 rings (SSSR count). The van der Waals surface area contributed by atoms with E-state index in [1.54, 1.807) is 13.8 Å². The van der Waals surface area contributed by atoms with Gasteiger partial charge in [0.15, 0.2) is 0 Å². The lowest BCUT2D eigenvalue weighted by Gasteiger charge is -2.11. The van der Waals surface area contributed by atoms with Crippen molar-refractivity contribution in [3.05, 3.63) is 67.3 Å². The lowest BCUT2D eigenvalue weighted by Crippen LogP contribution is -2.13. The van der Waals surface area contributed by atoms with Gasteiger partial charge in [-0.05, 0) is 37.1 Å². The van der Waals surface area contributed by atoms with E-state index in [1.165, 1.54) is 12.1 Å². The molecule has 1 amide bonds. The number of phenolic OH excluding ortho intramolecular Hbond substituents is 1. The van der Waals surface area contributed by atoms with E-state index in [-0.39, 0.29) is 11.3 Å². The number of phenols is 1. The summed E-state index contributed by atoms with van der Waals surface area (Å²) in [5, 5.41) is 33.9. The molecule has 2 N–H and O–H groups in total. The van der Waals surface area contributed by atoms with E-state index >= 15 is 0 Å². The van der Waals surface area contributed by atoms with Gasteiger partial charge in [0.1, 0.15) is 5.75 Å². The summed E-state index contributed by atoms with van der Waals surface area (Å²) in [5.41, 5.74) is 0.271. The van der Waals surface area contributed by atoms with Crippen LogP contribution in [0.15, 0.2) is 30.3 Å². The maximum absolute atomic E-state index is 12.3. The van der Waals surface area contributed by atoms with Gasteiger partial charge in [0.25, 0.3) is 17.3 Å². The summed E-state index contributed by atoms with van der Waals surface area (Å²) in [4.78, 5) is 32.4. The van der Waals surface area contributed by atoms with Crippen LogP contribution in [0, 0.1) is 34.1 Å². The minimum atomic E-state index is -0.806. The largest absolute Gasteiger partial charge is 0.508 e. The van der Waals surface area contributed by atoms with Gasteiger partial charge >= 0.3 is 0 Å². The van der Waals surface area contributed by atoms with Crippen LogP contribution in [0.4, 0.5) is 17.1 Å². The van der Waals surface area contributed by atoms with Crippen molar-refractivity contribution in [1.82, 2.24) is 0 Å². The topological polar surface area (TPSA) is 136 Å². The first-order valence-corrected chi connectivity index (χ1v) is 6.75. The predicted molar refractivity (Wildman–Crippen MR) is 85.3 cm³/mol. The first kappa shape index (κ1) is 16.9. The van der Waals surface area contributed by atoms with Gasteiger partial charge in [-0.15, -0.1) is 0 Å². The van der Waals surface area contributed by atoms with Crippen molar-refractivity contribution in [3.8, 4) is 5.75 Å². The Morgan fingerprint density at radius 2 is 1.54 bits per heavy atom. The summed E-state index contributed by atoms with van der Waals surface area (Å²) in [6.45, 7) is 3.35. The summed E-state index contributed by atoms with van der Waals surface area (Å²) in [5.74, 6) is -0.661. The SMILES string of the molecule is Cc1c(O)ccc(NC(=O)c2cc([N+](=O)[O-])cc([N+](=O)[O-])c2)c1C. The fraction of sp³-hybridized carbons (Fsp3) is 0.133.